The second kappa shape index (κ2) is 9.71. The molecule has 1 aromatic heterocycles. The van der Waals surface area contributed by atoms with Gasteiger partial charge in [-0.3, -0.25) is 0 Å². The Morgan fingerprint density at radius 3 is 2.06 bits per heavy atom. The molecule has 0 atom stereocenters. The Morgan fingerprint density at radius 2 is 1.53 bits per heavy atom. The van der Waals surface area contributed by atoms with Gasteiger partial charge in [-0.05, 0) is 33.3 Å². The van der Waals surface area contributed by atoms with Crippen LogP contribution in [0.25, 0.3) is 0 Å². The van der Waals surface area contributed by atoms with Gasteiger partial charge in [-0.25, -0.2) is 0 Å². The minimum Gasteiger partial charge on any atom is -0.361 e. The van der Waals surface area contributed by atoms with E-state index >= 15 is 0 Å². The number of hydrogen-bond acceptors (Lipinski definition) is 0. The van der Waals surface area contributed by atoms with Gasteiger partial charge >= 0.3 is 0 Å². The average molecular weight is 253 g/mol. The fourth-order valence-corrected chi connectivity index (χ4v) is 3.15. The van der Waals surface area contributed by atoms with E-state index in [2.05, 4.69) is 25.0 Å². The summed E-state index contributed by atoms with van der Waals surface area (Å²) in [4.78, 5) is 3.37. The van der Waals surface area contributed by atoms with Gasteiger partial charge in [0, 0.05) is 11.6 Å². The van der Waals surface area contributed by atoms with Crippen molar-refractivity contribution in [3.05, 3.63) is 16.9 Å². The predicted octanol–water partition coefficient (Wildman–Crippen LogP) is 5.98. The van der Waals surface area contributed by atoms with Crippen molar-refractivity contribution < 1.29 is 0 Å². The first-order chi connectivity index (χ1) is 8.33. The van der Waals surface area contributed by atoms with Gasteiger partial charge in [-0.15, -0.1) is 0 Å². The minimum atomic E-state index is 1.27. The molecule has 1 aromatic rings. The lowest BCUT2D eigenvalue weighted by Gasteiger charge is -2.01. The number of aryl methyl sites for hydroxylation is 2. The normalized spacial score (nSPS) is 11.4. The number of rotatable bonds is 10. The van der Waals surface area contributed by atoms with Gasteiger partial charge in [0.2, 0.25) is 0 Å². The van der Waals surface area contributed by atoms with Crippen molar-refractivity contribution in [1.29, 1.82) is 0 Å². The molecule has 98 valence electrons. The van der Waals surface area contributed by atoms with Crippen molar-refractivity contribution in [2.24, 2.45) is 0 Å². The average Bonchev–Trinajstić information content (AvgIpc) is 2.73. The number of H-pyrrole nitrogens is 1. The van der Waals surface area contributed by atoms with Gasteiger partial charge in [-0.2, -0.15) is 0 Å². The van der Waals surface area contributed by atoms with E-state index in [1.807, 2.05) is 0 Å². The predicted molar refractivity (Wildman–Crippen MR) is 79.0 cm³/mol. The van der Waals surface area contributed by atoms with Crippen molar-refractivity contribution in [2.75, 3.05) is 0 Å². The standard InChI is InChI=1S/C15H28NP/c1-3-4-5-6-7-8-9-10-11-12-15-16-13-14(2)17-15/h13,16H,3-12H2,1-2H3. The largest absolute Gasteiger partial charge is 0.361 e. The molecule has 0 aliphatic carbocycles. The fourth-order valence-electron chi connectivity index (χ4n) is 2.20. The maximum atomic E-state index is 3.37. The monoisotopic (exact) mass is 253 g/mol. The maximum absolute atomic E-state index is 3.37. The van der Waals surface area contributed by atoms with Crippen LogP contribution in [0.5, 0.6) is 0 Å². The van der Waals surface area contributed by atoms with Gasteiger partial charge < -0.3 is 4.98 Å². The van der Waals surface area contributed by atoms with Crippen LogP contribution in [0, 0.1) is 6.92 Å². The van der Waals surface area contributed by atoms with E-state index < -0.39 is 0 Å². The molecule has 0 spiro atoms. The van der Waals surface area contributed by atoms with Crippen molar-refractivity contribution in [1.82, 2.24) is 4.98 Å². The molecule has 2 heteroatoms. The molecule has 0 radical (unpaired) electrons. The smallest absolute Gasteiger partial charge is 0.0427 e. The van der Waals surface area contributed by atoms with Crippen molar-refractivity contribution in [3.8, 4) is 0 Å². The van der Waals surface area contributed by atoms with E-state index in [1.54, 1.807) is 0 Å². The first kappa shape index (κ1) is 14.8. The second-order valence-electron chi connectivity index (χ2n) is 5.07. The van der Waals surface area contributed by atoms with Crippen LogP contribution in [0.15, 0.2) is 6.20 Å². The maximum Gasteiger partial charge on any atom is 0.0427 e. The Hall–Kier alpha value is -0.290. The van der Waals surface area contributed by atoms with E-state index in [9.17, 15) is 0 Å². The first-order valence-electron chi connectivity index (χ1n) is 7.34. The second-order valence-corrected chi connectivity index (χ2v) is 6.54. The van der Waals surface area contributed by atoms with E-state index in [-0.39, 0.29) is 0 Å². The Kier molecular flexibility index (Phi) is 8.44. The molecular formula is C15H28NP. The summed E-state index contributed by atoms with van der Waals surface area (Å²) in [6.07, 6.45) is 16.2. The summed E-state index contributed by atoms with van der Waals surface area (Å²) in [5, 5.41) is 1.45. The molecule has 0 aromatic carbocycles. The Balaban J connectivity index is 1.84. The van der Waals surface area contributed by atoms with Crippen molar-refractivity contribution >= 4 is 8.19 Å². The zero-order valence-electron chi connectivity index (χ0n) is 11.6. The lowest BCUT2D eigenvalue weighted by Crippen LogP contribution is -1.85. The third-order valence-corrected chi connectivity index (χ3v) is 4.38. The van der Waals surface area contributed by atoms with E-state index in [0.717, 1.165) is 0 Å². The van der Waals surface area contributed by atoms with Crippen LogP contribution in [-0.4, -0.2) is 4.98 Å². The molecular weight excluding hydrogens is 225 g/mol. The molecule has 17 heavy (non-hydrogen) atoms. The molecule has 1 nitrogen and oxygen atoms in total. The number of hydrogen-bond donors (Lipinski definition) is 1. The van der Waals surface area contributed by atoms with Gasteiger partial charge in [0.05, 0.1) is 0 Å². The van der Waals surface area contributed by atoms with E-state index in [0.29, 0.717) is 0 Å². The van der Waals surface area contributed by atoms with Crippen LogP contribution < -0.4 is 0 Å². The summed E-state index contributed by atoms with van der Waals surface area (Å²) in [6, 6.07) is 0. The topological polar surface area (TPSA) is 15.8 Å². The number of aromatic nitrogens is 1. The van der Waals surface area contributed by atoms with E-state index in [1.165, 1.54) is 83.1 Å². The van der Waals surface area contributed by atoms with Crippen LogP contribution in [0.2, 0.25) is 0 Å². The van der Waals surface area contributed by atoms with Gasteiger partial charge in [0.1, 0.15) is 0 Å². The molecule has 0 fully saturated rings. The van der Waals surface area contributed by atoms with Crippen molar-refractivity contribution in [3.63, 3.8) is 0 Å². The molecule has 0 unspecified atom stereocenters. The highest BCUT2D eigenvalue weighted by molar-refractivity contribution is 7.31. The van der Waals surface area contributed by atoms with Crippen LogP contribution >= 0.6 is 8.19 Å². The summed E-state index contributed by atoms with van der Waals surface area (Å²) in [6.45, 7) is 4.47. The molecule has 0 saturated carbocycles. The van der Waals surface area contributed by atoms with Gasteiger partial charge in [0.25, 0.3) is 0 Å². The highest BCUT2D eigenvalue weighted by Gasteiger charge is 1.97. The molecule has 1 N–H and O–H groups in total. The van der Waals surface area contributed by atoms with Crippen LogP contribution in [0.1, 0.15) is 75.4 Å². The molecule has 0 bridgehead atoms. The minimum absolute atomic E-state index is 1.27. The summed E-state index contributed by atoms with van der Waals surface area (Å²) in [5.74, 6) is 0. The lowest BCUT2D eigenvalue weighted by molar-refractivity contribution is 0.564. The Labute approximate surface area is 109 Å². The van der Waals surface area contributed by atoms with Crippen LogP contribution in [0.4, 0.5) is 0 Å². The highest BCUT2D eigenvalue weighted by atomic mass is 31.0. The molecule has 0 saturated heterocycles. The van der Waals surface area contributed by atoms with E-state index in [4.69, 9.17) is 0 Å². The molecule has 0 amide bonds. The number of nitrogens with one attached hydrogen (secondary N) is 1. The van der Waals surface area contributed by atoms with Crippen molar-refractivity contribution in [2.45, 2.75) is 78.1 Å². The van der Waals surface area contributed by atoms with Crippen LogP contribution in [-0.2, 0) is 6.42 Å². The van der Waals surface area contributed by atoms with Gasteiger partial charge in [0.15, 0.2) is 0 Å². The molecule has 1 heterocycles. The third-order valence-electron chi connectivity index (χ3n) is 3.28. The molecule has 1 rings (SSSR count). The molecule has 0 aliphatic rings. The third kappa shape index (κ3) is 7.60. The quantitative estimate of drug-likeness (QED) is 0.494. The van der Waals surface area contributed by atoms with Gasteiger partial charge in [-0.1, -0.05) is 58.3 Å². The summed E-state index contributed by atoms with van der Waals surface area (Å²) in [5.41, 5.74) is 1.51. The summed E-state index contributed by atoms with van der Waals surface area (Å²) in [7, 11) is 1.43. The number of unbranched alkanes of at least 4 members (excludes halogenated alkanes) is 8. The Bertz CT molecular complexity index is 280. The summed E-state index contributed by atoms with van der Waals surface area (Å²) >= 11 is 0. The first-order valence-corrected chi connectivity index (χ1v) is 8.23. The summed E-state index contributed by atoms with van der Waals surface area (Å²) < 4.78 is 0. The number of aromatic amines is 1. The highest BCUT2D eigenvalue weighted by Crippen LogP contribution is 2.20. The zero-order chi connectivity index (χ0) is 12.3. The Morgan fingerprint density at radius 1 is 0.941 bits per heavy atom. The van der Waals surface area contributed by atoms with Crippen LogP contribution in [0.3, 0.4) is 0 Å². The SMILES string of the molecule is CCCCCCCCCCCc1[nH]cc(C)p1. The zero-order valence-corrected chi connectivity index (χ0v) is 12.5. The molecule has 0 aliphatic heterocycles. The lowest BCUT2D eigenvalue weighted by atomic mass is 10.1. The fraction of sp³-hybridized carbons (Fsp3) is 0.800.